The molecule has 0 spiro atoms. The molecule has 1 aromatic heterocycles. The van der Waals surface area contributed by atoms with Crippen molar-refractivity contribution in [3.8, 4) is 11.5 Å². The van der Waals surface area contributed by atoms with E-state index in [1.807, 2.05) is 29.2 Å². The van der Waals surface area contributed by atoms with Crippen molar-refractivity contribution in [2.24, 2.45) is 0 Å². The fourth-order valence-corrected chi connectivity index (χ4v) is 2.83. The first-order valence-corrected chi connectivity index (χ1v) is 8.38. The van der Waals surface area contributed by atoms with E-state index in [1.54, 1.807) is 0 Å². The maximum Gasteiger partial charge on any atom is 0.321 e. The van der Waals surface area contributed by atoms with Crippen LogP contribution in [0.5, 0.6) is 0 Å². The van der Waals surface area contributed by atoms with Crippen molar-refractivity contribution in [3.05, 3.63) is 30.1 Å². The Balaban J connectivity index is 1.51. The lowest BCUT2D eigenvalue weighted by Crippen LogP contribution is -2.48. The van der Waals surface area contributed by atoms with Crippen LogP contribution in [-0.4, -0.2) is 59.2 Å². The highest BCUT2D eigenvalue weighted by Crippen LogP contribution is 2.39. The minimum atomic E-state index is -0.0857. The first-order chi connectivity index (χ1) is 11.7. The third-order valence-corrected chi connectivity index (χ3v) is 4.57. The second-order valence-corrected chi connectivity index (χ2v) is 6.50. The summed E-state index contributed by atoms with van der Waals surface area (Å²) in [4.78, 5) is 21.0. The number of para-hydroxylation sites is 1. The molecule has 1 saturated carbocycles. The summed E-state index contributed by atoms with van der Waals surface area (Å²) in [5.74, 6) is 1.67. The van der Waals surface area contributed by atoms with Gasteiger partial charge in [0.2, 0.25) is 0 Å². The Morgan fingerprint density at radius 3 is 2.71 bits per heavy atom. The summed E-state index contributed by atoms with van der Waals surface area (Å²) in [6.45, 7) is 3.25. The highest BCUT2D eigenvalue weighted by Gasteiger charge is 2.29. The number of hydrogen-bond donors (Lipinski definition) is 1. The van der Waals surface area contributed by atoms with Crippen molar-refractivity contribution in [2.75, 3.05) is 38.5 Å². The zero-order valence-corrected chi connectivity index (χ0v) is 13.7. The number of hydrogen-bond acceptors (Lipinski definition) is 5. The number of piperazine rings is 1. The molecule has 1 N–H and O–H groups in total. The van der Waals surface area contributed by atoms with Crippen molar-refractivity contribution in [2.45, 2.75) is 18.8 Å². The lowest BCUT2D eigenvalue weighted by Gasteiger charge is -2.32. The highest BCUT2D eigenvalue weighted by atomic mass is 16.5. The van der Waals surface area contributed by atoms with Crippen molar-refractivity contribution in [1.29, 1.82) is 0 Å². The van der Waals surface area contributed by atoms with Crippen LogP contribution in [0.2, 0.25) is 0 Å². The average molecular weight is 327 g/mol. The summed E-state index contributed by atoms with van der Waals surface area (Å²) >= 11 is 0. The molecule has 0 bridgehead atoms. The molecule has 1 aliphatic carbocycles. The van der Waals surface area contributed by atoms with Gasteiger partial charge in [-0.15, -0.1) is 0 Å². The summed E-state index contributed by atoms with van der Waals surface area (Å²) in [6, 6.07) is 7.47. The third kappa shape index (κ3) is 3.12. The zero-order chi connectivity index (χ0) is 16.5. The fraction of sp³-hybridized carbons (Fsp3) is 0.471. The Hall–Kier alpha value is -2.41. The Bertz CT molecular complexity index is 732. The van der Waals surface area contributed by atoms with Crippen LogP contribution in [0, 0.1) is 0 Å². The van der Waals surface area contributed by atoms with E-state index in [0.717, 1.165) is 50.4 Å². The standard InChI is InChI=1S/C17H21N5O2/c1-21-8-10-22(11-9-21)17(23)18-14-5-3-2-4-13(14)16-19-15(20-24-16)12-6-7-12/h2-5,12H,6-11H2,1H3,(H,18,23). The molecule has 24 heavy (non-hydrogen) atoms. The Labute approximate surface area is 140 Å². The van der Waals surface area contributed by atoms with E-state index in [9.17, 15) is 4.79 Å². The number of nitrogens with one attached hydrogen (secondary N) is 1. The van der Waals surface area contributed by atoms with Crippen LogP contribution in [0.1, 0.15) is 24.6 Å². The molecule has 2 heterocycles. The van der Waals surface area contributed by atoms with Gasteiger partial charge in [-0.25, -0.2) is 4.79 Å². The van der Waals surface area contributed by atoms with E-state index in [-0.39, 0.29) is 6.03 Å². The van der Waals surface area contributed by atoms with Crippen LogP contribution in [0.3, 0.4) is 0 Å². The summed E-state index contributed by atoms with van der Waals surface area (Å²) in [6.07, 6.45) is 2.25. The number of carbonyl (C=O) groups excluding carboxylic acids is 1. The summed E-state index contributed by atoms with van der Waals surface area (Å²) < 4.78 is 5.40. The largest absolute Gasteiger partial charge is 0.334 e. The van der Waals surface area contributed by atoms with Gasteiger partial charge in [-0.1, -0.05) is 17.3 Å². The van der Waals surface area contributed by atoms with Gasteiger partial charge in [-0.2, -0.15) is 4.98 Å². The molecule has 1 aromatic carbocycles. The molecule has 2 amide bonds. The van der Waals surface area contributed by atoms with Crippen LogP contribution in [0.25, 0.3) is 11.5 Å². The maximum absolute atomic E-state index is 12.5. The van der Waals surface area contributed by atoms with Crippen LogP contribution >= 0.6 is 0 Å². The molecule has 0 atom stereocenters. The molecule has 7 nitrogen and oxygen atoms in total. The molecular weight excluding hydrogens is 306 g/mol. The molecule has 2 aliphatic rings. The lowest BCUT2D eigenvalue weighted by atomic mass is 10.1. The summed E-state index contributed by atoms with van der Waals surface area (Å²) in [7, 11) is 2.07. The number of benzene rings is 1. The Morgan fingerprint density at radius 2 is 1.96 bits per heavy atom. The average Bonchev–Trinajstić information content (AvgIpc) is 3.33. The number of carbonyl (C=O) groups is 1. The van der Waals surface area contributed by atoms with Crippen molar-refractivity contribution < 1.29 is 9.32 Å². The number of anilines is 1. The van der Waals surface area contributed by atoms with Gasteiger partial charge in [0.15, 0.2) is 5.82 Å². The number of amides is 2. The molecule has 126 valence electrons. The third-order valence-electron chi connectivity index (χ3n) is 4.57. The van der Waals surface area contributed by atoms with Gasteiger partial charge in [0, 0.05) is 32.1 Å². The summed E-state index contributed by atoms with van der Waals surface area (Å²) in [5, 5.41) is 7.05. The number of likely N-dealkylation sites (N-methyl/N-ethyl adjacent to an activating group) is 1. The van der Waals surface area contributed by atoms with E-state index in [4.69, 9.17) is 4.52 Å². The number of rotatable bonds is 3. The van der Waals surface area contributed by atoms with Gasteiger partial charge < -0.3 is 19.6 Å². The van der Waals surface area contributed by atoms with Crippen LogP contribution in [0.15, 0.2) is 28.8 Å². The first kappa shape index (κ1) is 15.1. The van der Waals surface area contributed by atoms with Gasteiger partial charge in [-0.05, 0) is 32.0 Å². The molecule has 0 radical (unpaired) electrons. The van der Waals surface area contributed by atoms with Crippen molar-refractivity contribution in [3.63, 3.8) is 0 Å². The SMILES string of the molecule is CN1CCN(C(=O)Nc2ccccc2-c2nc(C3CC3)no2)CC1. The number of urea groups is 1. The second-order valence-electron chi connectivity index (χ2n) is 6.50. The lowest BCUT2D eigenvalue weighted by molar-refractivity contribution is 0.164. The molecule has 0 unspecified atom stereocenters. The summed E-state index contributed by atoms with van der Waals surface area (Å²) in [5.41, 5.74) is 1.46. The van der Waals surface area contributed by atoms with Gasteiger partial charge in [0.25, 0.3) is 5.89 Å². The van der Waals surface area contributed by atoms with Gasteiger partial charge in [0.05, 0.1) is 11.3 Å². The Kier molecular flexibility index (Phi) is 3.93. The van der Waals surface area contributed by atoms with E-state index in [1.165, 1.54) is 0 Å². The van der Waals surface area contributed by atoms with Crippen LogP contribution in [0.4, 0.5) is 10.5 Å². The molecule has 7 heteroatoms. The van der Waals surface area contributed by atoms with Crippen molar-refractivity contribution in [1.82, 2.24) is 19.9 Å². The van der Waals surface area contributed by atoms with Gasteiger partial charge in [-0.3, -0.25) is 0 Å². The second kappa shape index (κ2) is 6.24. The van der Waals surface area contributed by atoms with Crippen LogP contribution in [-0.2, 0) is 0 Å². The molecule has 1 aliphatic heterocycles. The molecule has 2 fully saturated rings. The zero-order valence-electron chi connectivity index (χ0n) is 13.7. The minimum Gasteiger partial charge on any atom is -0.334 e. The van der Waals surface area contributed by atoms with E-state index in [2.05, 4.69) is 27.4 Å². The predicted molar refractivity (Wildman–Crippen MR) is 89.8 cm³/mol. The van der Waals surface area contributed by atoms with Crippen LogP contribution < -0.4 is 5.32 Å². The van der Waals surface area contributed by atoms with Gasteiger partial charge >= 0.3 is 6.03 Å². The molecular formula is C17H21N5O2. The fourth-order valence-electron chi connectivity index (χ4n) is 2.83. The minimum absolute atomic E-state index is 0.0857. The van der Waals surface area contributed by atoms with E-state index < -0.39 is 0 Å². The topological polar surface area (TPSA) is 74.5 Å². The smallest absolute Gasteiger partial charge is 0.321 e. The first-order valence-electron chi connectivity index (χ1n) is 8.38. The van der Waals surface area contributed by atoms with Gasteiger partial charge in [0.1, 0.15) is 0 Å². The number of aromatic nitrogens is 2. The van der Waals surface area contributed by atoms with E-state index in [0.29, 0.717) is 17.5 Å². The maximum atomic E-state index is 12.5. The van der Waals surface area contributed by atoms with Crippen molar-refractivity contribution >= 4 is 11.7 Å². The highest BCUT2D eigenvalue weighted by molar-refractivity contribution is 5.93. The van der Waals surface area contributed by atoms with E-state index >= 15 is 0 Å². The molecule has 4 rings (SSSR count). The normalized spacial score (nSPS) is 18.6. The Morgan fingerprint density at radius 1 is 1.21 bits per heavy atom. The molecule has 2 aromatic rings. The molecule has 1 saturated heterocycles. The number of nitrogens with zero attached hydrogens (tertiary/aromatic N) is 4. The monoisotopic (exact) mass is 327 g/mol. The predicted octanol–water partition coefficient (Wildman–Crippen LogP) is 2.39. The quantitative estimate of drug-likeness (QED) is 0.937.